The molecule has 2 heterocycles. The van der Waals surface area contributed by atoms with Crippen LogP contribution >= 0.6 is 0 Å². The van der Waals surface area contributed by atoms with Crippen molar-refractivity contribution in [1.29, 1.82) is 0 Å². The minimum Gasteiger partial charge on any atom is -0.477 e. The van der Waals surface area contributed by atoms with Crippen LogP contribution in [-0.2, 0) is 27.3 Å². The Bertz CT molecular complexity index is 923. The maximum absolute atomic E-state index is 12.3. The lowest BCUT2D eigenvalue weighted by Gasteiger charge is -2.30. The third-order valence-electron chi connectivity index (χ3n) is 4.50. The van der Waals surface area contributed by atoms with Gasteiger partial charge in [-0.2, -0.15) is 0 Å². The number of hydrogen-bond donors (Lipinski definition) is 1. The number of nitrogens with zero attached hydrogens (tertiary/aromatic N) is 1. The molecule has 2 aromatic rings. The van der Waals surface area contributed by atoms with Gasteiger partial charge in [0.15, 0.2) is 6.61 Å². The molecule has 1 aromatic heterocycles. The highest BCUT2D eigenvalue weighted by Crippen LogP contribution is 2.28. The molecule has 0 bridgehead atoms. The molecule has 154 valence electrons. The number of rotatable bonds is 8. The molecule has 0 fully saturated rings. The van der Waals surface area contributed by atoms with Crippen LogP contribution in [0.15, 0.2) is 45.8 Å². The van der Waals surface area contributed by atoms with Gasteiger partial charge < -0.3 is 24.1 Å². The van der Waals surface area contributed by atoms with Crippen LogP contribution in [0.3, 0.4) is 0 Å². The van der Waals surface area contributed by atoms with E-state index in [1.54, 1.807) is 6.92 Å². The highest BCUT2D eigenvalue weighted by atomic mass is 16.5. The number of para-hydroxylation sites is 1. The average Bonchev–Trinajstić information content (AvgIpc) is 2.72. The molecular formula is C21H24N2O6. The summed E-state index contributed by atoms with van der Waals surface area (Å²) in [6.07, 6.45) is 3.30. The molecule has 29 heavy (non-hydrogen) atoms. The number of esters is 1. The second-order valence-electron chi connectivity index (χ2n) is 6.60. The van der Waals surface area contributed by atoms with Gasteiger partial charge in [0.25, 0.3) is 5.91 Å². The number of carbonyl (C=O) groups is 2. The van der Waals surface area contributed by atoms with Crippen LogP contribution in [0.4, 0.5) is 5.69 Å². The molecule has 0 spiro atoms. The molecular weight excluding hydrogens is 376 g/mol. The first-order valence-corrected chi connectivity index (χ1v) is 9.56. The van der Waals surface area contributed by atoms with Crippen molar-refractivity contribution in [1.82, 2.24) is 5.32 Å². The maximum Gasteiger partial charge on any atom is 0.325 e. The summed E-state index contributed by atoms with van der Waals surface area (Å²) in [6, 6.07) is 9.58. The topological polar surface area (TPSA) is 98.1 Å². The van der Waals surface area contributed by atoms with Gasteiger partial charge in [-0.15, -0.1) is 0 Å². The van der Waals surface area contributed by atoms with Gasteiger partial charge in [-0.3, -0.25) is 14.4 Å². The van der Waals surface area contributed by atoms with E-state index in [9.17, 15) is 14.4 Å². The smallest absolute Gasteiger partial charge is 0.325 e. The van der Waals surface area contributed by atoms with Crippen LogP contribution in [0, 0.1) is 0 Å². The van der Waals surface area contributed by atoms with Gasteiger partial charge in [0.1, 0.15) is 18.6 Å². The first kappa shape index (κ1) is 20.4. The number of benzene rings is 1. The van der Waals surface area contributed by atoms with Gasteiger partial charge >= 0.3 is 5.97 Å². The molecule has 0 saturated heterocycles. The Morgan fingerprint density at radius 3 is 2.90 bits per heavy atom. The Kier molecular flexibility index (Phi) is 6.89. The van der Waals surface area contributed by atoms with Gasteiger partial charge in [-0.25, -0.2) is 0 Å². The maximum atomic E-state index is 12.3. The Morgan fingerprint density at radius 1 is 1.28 bits per heavy atom. The van der Waals surface area contributed by atoms with E-state index < -0.39 is 18.5 Å². The van der Waals surface area contributed by atoms with E-state index in [1.807, 2.05) is 12.1 Å². The van der Waals surface area contributed by atoms with Gasteiger partial charge in [0.05, 0.1) is 13.2 Å². The number of aryl methyl sites for hydroxylation is 1. The average molecular weight is 400 g/mol. The summed E-state index contributed by atoms with van der Waals surface area (Å²) in [5, 5.41) is 2.35. The lowest BCUT2D eigenvalue weighted by atomic mass is 10.0. The summed E-state index contributed by atoms with van der Waals surface area (Å²) in [5.41, 5.74) is 2.07. The molecule has 0 saturated carbocycles. The molecule has 1 aliphatic rings. The lowest BCUT2D eigenvalue weighted by molar-refractivity contribution is -0.143. The number of ether oxygens (including phenoxy) is 2. The van der Waals surface area contributed by atoms with Crippen LogP contribution in [-0.4, -0.2) is 38.2 Å². The van der Waals surface area contributed by atoms with Crippen LogP contribution < -0.4 is 20.4 Å². The number of amides is 1. The fourth-order valence-electron chi connectivity index (χ4n) is 3.17. The number of fused-ring (bicyclic) bond motifs is 1. The van der Waals surface area contributed by atoms with Crippen LogP contribution in [0.2, 0.25) is 0 Å². The van der Waals surface area contributed by atoms with Crippen molar-refractivity contribution in [2.24, 2.45) is 0 Å². The minimum atomic E-state index is -0.538. The molecule has 0 unspecified atom stereocenters. The standard InChI is InChI=1S/C21H24N2O6/c1-2-27-21(26)11-22-20(25)14-29-19-13-28-16(10-18(19)24)12-23-9-5-7-15-6-3-4-8-17(15)23/h3-4,6,8,10,13H,2,5,7,9,11-12,14H2,1H3,(H,22,25). The lowest BCUT2D eigenvalue weighted by Crippen LogP contribution is -2.34. The highest BCUT2D eigenvalue weighted by Gasteiger charge is 2.18. The Balaban J connectivity index is 1.55. The normalized spacial score (nSPS) is 12.8. The Labute approximate surface area is 168 Å². The largest absolute Gasteiger partial charge is 0.477 e. The van der Waals surface area contributed by atoms with Crippen LogP contribution in [0.1, 0.15) is 24.7 Å². The van der Waals surface area contributed by atoms with Crippen molar-refractivity contribution in [3.05, 3.63) is 58.1 Å². The molecule has 8 heteroatoms. The fraction of sp³-hybridized carbons (Fsp3) is 0.381. The zero-order chi connectivity index (χ0) is 20.6. The van der Waals surface area contributed by atoms with Gasteiger partial charge in [0.2, 0.25) is 11.2 Å². The van der Waals surface area contributed by atoms with Gasteiger partial charge in [-0.1, -0.05) is 18.2 Å². The molecule has 8 nitrogen and oxygen atoms in total. The Hall–Kier alpha value is -3.29. The molecule has 1 aromatic carbocycles. The quantitative estimate of drug-likeness (QED) is 0.673. The molecule has 0 atom stereocenters. The summed E-state index contributed by atoms with van der Waals surface area (Å²) >= 11 is 0. The second kappa shape index (κ2) is 9.77. The summed E-state index contributed by atoms with van der Waals surface area (Å²) in [4.78, 5) is 37.4. The first-order chi connectivity index (χ1) is 14.1. The van der Waals surface area contributed by atoms with Crippen molar-refractivity contribution in [2.75, 3.05) is 31.2 Å². The molecule has 3 rings (SSSR count). The molecule has 0 aliphatic carbocycles. The number of hydrogen-bond acceptors (Lipinski definition) is 7. The summed E-state index contributed by atoms with van der Waals surface area (Å²) in [7, 11) is 0. The van der Waals surface area contributed by atoms with Crippen molar-refractivity contribution in [3.8, 4) is 5.75 Å². The third kappa shape index (κ3) is 5.60. The van der Waals surface area contributed by atoms with Crippen molar-refractivity contribution >= 4 is 17.6 Å². The minimum absolute atomic E-state index is 0.0564. The summed E-state index contributed by atoms with van der Waals surface area (Å²) in [6.45, 7) is 2.63. The van der Waals surface area contributed by atoms with E-state index in [4.69, 9.17) is 13.9 Å². The highest BCUT2D eigenvalue weighted by molar-refractivity contribution is 5.82. The monoisotopic (exact) mass is 400 g/mol. The fourth-order valence-corrected chi connectivity index (χ4v) is 3.17. The summed E-state index contributed by atoms with van der Waals surface area (Å²) in [5.74, 6) is -0.611. The number of anilines is 1. The zero-order valence-electron chi connectivity index (χ0n) is 16.3. The predicted octanol–water partition coefficient (Wildman–Crippen LogP) is 1.65. The van der Waals surface area contributed by atoms with Crippen molar-refractivity contribution < 1.29 is 23.5 Å². The molecule has 1 aliphatic heterocycles. The number of nitrogens with one attached hydrogen (secondary N) is 1. The SMILES string of the molecule is CCOC(=O)CNC(=O)COc1coc(CN2CCCc3ccccc32)cc1=O. The van der Waals surface area contributed by atoms with Crippen LogP contribution in [0.5, 0.6) is 5.75 Å². The third-order valence-corrected chi connectivity index (χ3v) is 4.50. The van der Waals surface area contributed by atoms with Crippen molar-refractivity contribution in [2.45, 2.75) is 26.3 Å². The van der Waals surface area contributed by atoms with E-state index in [0.29, 0.717) is 12.3 Å². The molecule has 1 amide bonds. The predicted molar refractivity (Wildman–Crippen MR) is 106 cm³/mol. The van der Waals surface area contributed by atoms with E-state index in [2.05, 4.69) is 22.3 Å². The molecule has 0 radical (unpaired) electrons. The zero-order valence-corrected chi connectivity index (χ0v) is 16.3. The van der Waals surface area contributed by atoms with E-state index >= 15 is 0 Å². The first-order valence-electron chi connectivity index (χ1n) is 9.56. The van der Waals surface area contributed by atoms with Gasteiger partial charge in [-0.05, 0) is 31.4 Å². The van der Waals surface area contributed by atoms with E-state index in [-0.39, 0.29) is 24.3 Å². The summed E-state index contributed by atoms with van der Waals surface area (Å²) < 4.78 is 15.5. The second-order valence-corrected chi connectivity index (χ2v) is 6.60. The van der Waals surface area contributed by atoms with Crippen LogP contribution in [0.25, 0.3) is 0 Å². The van der Waals surface area contributed by atoms with Crippen molar-refractivity contribution in [3.63, 3.8) is 0 Å². The Morgan fingerprint density at radius 2 is 2.10 bits per heavy atom. The van der Waals surface area contributed by atoms with E-state index in [0.717, 1.165) is 25.1 Å². The van der Waals surface area contributed by atoms with Gasteiger partial charge in [0, 0.05) is 18.3 Å². The van der Waals surface area contributed by atoms with E-state index in [1.165, 1.54) is 17.9 Å². The molecule has 1 N–H and O–H groups in total. The number of carbonyl (C=O) groups excluding carboxylic acids is 2.